The summed E-state index contributed by atoms with van der Waals surface area (Å²) in [5, 5.41) is 2.51. The molecule has 2 aromatic rings. The van der Waals surface area contributed by atoms with Gasteiger partial charge in [-0.2, -0.15) is 0 Å². The number of epoxide rings is 1. The molecular weight excluding hydrogens is 468 g/mol. The molecule has 4 rings (SSSR count). The quantitative estimate of drug-likeness (QED) is 0.264. The van der Waals surface area contributed by atoms with Crippen LogP contribution in [0.5, 0.6) is 0 Å². The Morgan fingerprint density at radius 2 is 1.56 bits per heavy atom. The lowest BCUT2D eigenvalue weighted by atomic mass is 10.1. The standard InChI is InChI=1S/C30H38O5Si/c1-22(26-20-28(31)35-30(5,6)34-26)14-13-19-25-27(33-25)21-32-36(29(2,3)4,23-15-9-7-10-16-23)24-17-11-8-12-18-24/h7-12,14-18,20,25,27H,13,19,21H2,1-6H3/b22-14+/t25-,27-/m0/s1. The van der Waals surface area contributed by atoms with Crippen LogP contribution in [0.4, 0.5) is 0 Å². The van der Waals surface area contributed by atoms with Crippen molar-refractivity contribution < 1.29 is 23.4 Å². The van der Waals surface area contributed by atoms with Crippen LogP contribution in [0.1, 0.15) is 54.4 Å². The fourth-order valence-electron chi connectivity index (χ4n) is 5.00. The Morgan fingerprint density at radius 3 is 2.08 bits per heavy atom. The fourth-order valence-corrected chi connectivity index (χ4v) is 9.57. The Kier molecular flexibility index (Phi) is 7.60. The summed E-state index contributed by atoms with van der Waals surface area (Å²) in [4.78, 5) is 11.8. The first-order valence-electron chi connectivity index (χ1n) is 12.7. The molecule has 0 N–H and O–H groups in total. The third-order valence-electron chi connectivity index (χ3n) is 6.81. The fraction of sp³-hybridized carbons (Fsp3) is 0.433. The molecule has 0 bridgehead atoms. The molecule has 2 aromatic carbocycles. The predicted octanol–water partition coefficient (Wildman–Crippen LogP) is 5.25. The summed E-state index contributed by atoms with van der Waals surface area (Å²) in [6, 6.07) is 21.4. The lowest BCUT2D eigenvalue weighted by Gasteiger charge is -2.43. The minimum atomic E-state index is -2.55. The van der Waals surface area contributed by atoms with Gasteiger partial charge in [-0.15, -0.1) is 0 Å². The molecule has 2 atom stereocenters. The monoisotopic (exact) mass is 506 g/mol. The summed E-state index contributed by atoms with van der Waals surface area (Å²) in [6.07, 6.45) is 5.51. The maximum absolute atomic E-state index is 11.8. The number of esters is 1. The second-order valence-corrected chi connectivity index (χ2v) is 15.4. The summed E-state index contributed by atoms with van der Waals surface area (Å²) in [6.45, 7) is 12.9. The molecule has 2 aliphatic heterocycles. The number of benzene rings is 2. The molecule has 6 heteroatoms. The van der Waals surface area contributed by atoms with Gasteiger partial charge in [0.25, 0.3) is 8.32 Å². The van der Waals surface area contributed by atoms with Crippen LogP contribution in [0.2, 0.25) is 5.04 Å². The Hall–Kier alpha value is -2.67. The van der Waals surface area contributed by atoms with E-state index in [9.17, 15) is 4.79 Å². The van der Waals surface area contributed by atoms with Crippen molar-refractivity contribution in [2.45, 2.75) is 77.4 Å². The second-order valence-electron chi connectivity index (χ2n) is 11.1. The molecule has 192 valence electrons. The second kappa shape index (κ2) is 10.4. The van der Waals surface area contributed by atoms with E-state index in [2.05, 4.69) is 87.5 Å². The van der Waals surface area contributed by atoms with Gasteiger partial charge in [0.1, 0.15) is 11.9 Å². The van der Waals surface area contributed by atoms with Crippen LogP contribution < -0.4 is 10.4 Å². The first-order chi connectivity index (χ1) is 17.0. The molecule has 5 nitrogen and oxygen atoms in total. The van der Waals surface area contributed by atoms with Crippen molar-refractivity contribution in [1.82, 2.24) is 0 Å². The third kappa shape index (κ3) is 5.83. The smallest absolute Gasteiger partial charge is 0.337 e. The minimum absolute atomic E-state index is 0.0530. The van der Waals surface area contributed by atoms with Crippen molar-refractivity contribution in [3.8, 4) is 0 Å². The average Bonchev–Trinajstić information content (AvgIpc) is 3.57. The van der Waals surface area contributed by atoms with Crippen LogP contribution in [-0.2, 0) is 23.4 Å². The summed E-state index contributed by atoms with van der Waals surface area (Å²) in [5.41, 5.74) is 0.931. The van der Waals surface area contributed by atoms with E-state index >= 15 is 0 Å². The number of cyclic esters (lactones) is 1. The van der Waals surface area contributed by atoms with E-state index in [0.717, 1.165) is 18.4 Å². The van der Waals surface area contributed by atoms with Crippen molar-refractivity contribution in [2.24, 2.45) is 0 Å². The zero-order valence-corrected chi connectivity index (χ0v) is 23.2. The summed E-state index contributed by atoms with van der Waals surface area (Å²) in [7, 11) is -2.55. The van der Waals surface area contributed by atoms with Crippen molar-refractivity contribution in [2.75, 3.05) is 6.61 Å². The van der Waals surface area contributed by atoms with Crippen LogP contribution in [0.15, 0.2) is 84.1 Å². The molecule has 2 heterocycles. The van der Waals surface area contributed by atoms with Gasteiger partial charge in [-0.25, -0.2) is 4.79 Å². The van der Waals surface area contributed by atoms with Gasteiger partial charge in [-0.05, 0) is 40.8 Å². The maximum Gasteiger partial charge on any atom is 0.337 e. The molecule has 0 saturated carbocycles. The highest BCUT2D eigenvalue weighted by Gasteiger charge is 2.52. The molecule has 1 fully saturated rings. The van der Waals surface area contributed by atoms with Crippen molar-refractivity contribution in [1.29, 1.82) is 0 Å². The number of allylic oxidation sites excluding steroid dienone is 2. The van der Waals surface area contributed by atoms with Crippen molar-refractivity contribution in [3.05, 3.63) is 84.1 Å². The molecule has 1 saturated heterocycles. The summed E-state index contributed by atoms with van der Waals surface area (Å²) in [5.74, 6) is -0.751. The molecule has 0 aliphatic carbocycles. The largest absolute Gasteiger partial charge is 0.452 e. The minimum Gasteiger partial charge on any atom is -0.452 e. The first-order valence-corrected chi connectivity index (χ1v) is 14.6. The Balaban J connectivity index is 1.41. The number of hydrogen-bond acceptors (Lipinski definition) is 5. The van der Waals surface area contributed by atoms with E-state index in [1.54, 1.807) is 13.8 Å². The predicted molar refractivity (Wildman–Crippen MR) is 145 cm³/mol. The average molecular weight is 507 g/mol. The summed E-state index contributed by atoms with van der Waals surface area (Å²) < 4.78 is 24.0. The highest BCUT2D eigenvalue weighted by molar-refractivity contribution is 6.99. The maximum atomic E-state index is 11.8. The van der Waals surface area contributed by atoms with Gasteiger partial charge in [0.2, 0.25) is 5.79 Å². The van der Waals surface area contributed by atoms with Crippen molar-refractivity contribution >= 4 is 24.7 Å². The summed E-state index contributed by atoms with van der Waals surface area (Å²) >= 11 is 0. The molecule has 36 heavy (non-hydrogen) atoms. The third-order valence-corrected chi connectivity index (χ3v) is 11.8. The zero-order valence-electron chi connectivity index (χ0n) is 22.2. The molecule has 2 aliphatic rings. The van der Waals surface area contributed by atoms with Gasteiger partial charge < -0.3 is 18.6 Å². The van der Waals surface area contributed by atoms with Gasteiger partial charge in [0.15, 0.2) is 0 Å². The molecule has 0 amide bonds. The topological polar surface area (TPSA) is 57.3 Å². The number of hydrogen-bond donors (Lipinski definition) is 0. The van der Waals surface area contributed by atoms with E-state index in [-0.39, 0.29) is 23.2 Å². The Labute approximate surface area is 216 Å². The highest BCUT2D eigenvalue weighted by Crippen LogP contribution is 2.38. The molecular formula is C30H38O5Si. The van der Waals surface area contributed by atoms with Gasteiger partial charge in [-0.3, -0.25) is 0 Å². The van der Waals surface area contributed by atoms with E-state index in [0.29, 0.717) is 12.4 Å². The van der Waals surface area contributed by atoms with E-state index in [1.165, 1.54) is 16.4 Å². The SMILES string of the molecule is C/C(=C\CC[C@@H]1O[C@H]1CO[Si](c1ccccc1)(c1ccccc1)C(C)(C)C)C1=CC(=O)OC(C)(C)O1. The lowest BCUT2D eigenvalue weighted by Crippen LogP contribution is -2.66. The number of rotatable bonds is 9. The normalized spacial score (nSPS) is 21.9. The lowest BCUT2D eigenvalue weighted by molar-refractivity contribution is -0.203. The van der Waals surface area contributed by atoms with Gasteiger partial charge >= 0.3 is 5.97 Å². The highest BCUT2D eigenvalue weighted by atomic mass is 28.4. The van der Waals surface area contributed by atoms with Crippen molar-refractivity contribution in [3.63, 3.8) is 0 Å². The van der Waals surface area contributed by atoms with Gasteiger partial charge in [0.05, 0.1) is 18.8 Å². The van der Waals surface area contributed by atoms with E-state index in [1.807, 2.05) is 6.92 Å². The van der Waals surface area contributed by atoms with E-state index in [4.69, 9.17) is 18.6 Å². The zero-order chi connectivity index (χ0) is 26.0. The number of carbonyl (C=O) groups is 1. The first kappa shape index (κ1) is 26.4. The van der Waals surface area contributed by atoms with Crippen LogP contribution in [-0.4, -0.2) is 38.9 Å². The number of carbonyl (C=O) groups excluding carboxylic acids is 1. The van der Waals surface area contributed by atoms with Gasteiger partial charge in [-0.1, -0.05) is 87.5 Å². The van der Waals surface area contributed by atoms with Crippen LogP contribution in [0.25, 0.3) is 0 Å². The molecule has 0 spiro atoms. The molecule has 0 unspecified atom stereocenters. The Morgan fingerprint density at radius 1 is 0.972 bits per heavy atom. The van der Waals surface area contributed by atoms with Crippen LogP contribution in [0.3, 0.4) is 0 Å². The molecule has 0 radical (unpaired) electrons. The van der Waals surface area contributed by atoms with Crippen LogP contribution in [0, 0.1) is 0 Å². The van der Waals surface area contributed by atoms with E-state index < -0.39 is 14.1 Å². The van der Waals surface area contributed by atoms with Crippen LogP contribution >= 0.6 is 0 Å². The molecule has 0 aromatic heterocycles. The number of ether oxygens (including phenoxy) is 3. The van der Waals surface area contributed by atoms with Gasteiger partial charge in [0, 0.05) is 13.8 Å². The Bertz CT molecular complexity index is 1080.